The zero-order chi connectivity index (χ0) is 23.9. The number of aromatic nitrogens is 4. The maximum atomic E-state index is 15.4. The van der Waals surface area contributed by atoms with Gasteiger partial charge in [0.1, 0.15) is 17.3 Å². The molecule has 0 radical (unpaired) electrons. The van der Waals surface area contributed by atoms with Crippen LogP contribution in [0.1, 0.15) is 0 Å². The number of nitrogens with one attached hydrogen (secondary N) is 2. The van der Waals surface area contributed by atoms with Gasteiger partial charge in [-0.1, -0.05) is 0 Å². The Morgan fingerprint density at radius 1 is 1.11 bits per heavy atom. The van der Waals surface area contributed by atoms with Crippen LogP contribution >= 0.6 is 12.4 Å². The third-order valence-electron chi connectivity index (χ3n) is 6.95. The van der Waals surface area contributed by atoms with Gasteiger partial charge in [-0.2, -0.15) is 5.10 Å². The number of halogens is 2. The van der Waals surface area contributed by atoms with E-state index in [1.54, 1.807) is 37.5 Å². The maximum Gasteiger partial charge on any atom is 0.274 e. The summed E-state index contributed by atoms with van der Waals surface area (Å²) in [6, 6.07) is 11.0. The van der Waals surface area contributed by atoms with E-state index in [0.29, 0.717) is 34.0 Å². The molecular weight excluding hydrogens is 485 g/mol. The Morgan fingerprint density at radius 2 is 1.92 bits per heavy atom. The molecule has 2 aliphatic heterocycles. The second-order valence-corrected chi connectivity index (χ2v) is 8.98. The van der Waals surface area contributed by atoms with Crippen molar-refractivity contribution in [2.75, 3.05) is 49.6 Å². The number of rotatable bonds is 5. The van der Waals surface area contributed by atoms with E-state index in [4.69, 9.17) is 4.74 Å². The van der Waals surface area contributed by atoms with Crippen LogP contribution in [0.15, 0.2) is 53.6 Å². The molecule has 0 amide bonds. The zero-order valence-corrected chi connectivity index (χ0v) is 20.6. The van der Waals surface area contributed by atoms with Gasteiger partial charge in [0, 0.05) is 50.4 Å². The fourth-order valence-electron chi connectivity index (χ4n) is 4.77. The van der Waals surface area contributed by atoms with Gasteiger partial charge in [-0.25, -0.2) is 9.37 Å². The predicted molar refractivity (Wildman–Crippen MR) is 140 cm³/mol. The first-order valence-electron chi connectivity index (χ1n) is 11.7. The average molecular weight is 512 g/mol. The number of ether oxygens (including phenoxy) is 1. The third-order valence-corrected chi connectivity index (χ3v) is 6.95. The molecule has 1 aromatic carbocycles. The monoisotopic (exact) mass is 511 g/mol. The molecule has 0 bridgehead atoms. The van der Waals surface area contributed by atoms with Crippen molar-refractivity contribution >= 4 is 40.5 Å². The quantitative estimate of drug-likeness (QED) is 0.425. The summed E-state index contributed by atoms with van der Waals surface area (Å²) in [7, 11) is 1.63. The van der Waals surface area contributed by atoms with Crippen LogP contribution < -0.4 is 15.8 Å². The number of aryl methyl sites for hydroxylation is 1. The van der Waals surface area contributed by atoms with Gasteiger partial charge in [0.25, 0.3) is 5.56 Å². The van der Waals surface area contributed by atoms with Crippen molar-refractivity contribution in [3.8, 4) is 11.3 Å². The van der Waals surface area contributed by atoms with E-state index in [-0.39, 0.29) is 23.7 Å². The molecule has 0 unspecified atom stereocenters. The number of fused-ring (bicyclic) bond motifs is 1. The Morgan fingerprint density at radius 3 is 2.56 bits per heavy atom. The van der Waals surface area contributed by atoms with Crippen LogP contribution in [0.4, 0.5) is 21.6 Å². The normalized spacial score (nSPS) is 16.6. The summed E-state index contributed by atoms with van der Waals surface area (Å²) in [6.45, 7) is 5.57. The highest BCUT2D eigenvalue weighted by molar-refractivity contribution is 5.88. The predicted octanol–water partition coefficient (Wildman–Crippen LogP) is 3.15. The van der Waals surface area contributed by atoms with E-state index in [1.807, 2.05) is 18.3 Å². The Kier molecular flexibility index (Phi) is 6.65. The van der Waals surface area contributed by atoms with Gasteiger partial charge in [-0.05, 0) is 36.4 Å². The van der Waals surface area contributed by atoms with Crippen molar-refractivity contribution in [3.63, 3.8) is 0 Å². The molecule has 0 aliphatic carbocycles. The lowest BCUT2D eigenvalue weighted by atomic mass is 10.1. The topological polar surface area (TPSA) is 91.3 Å². The molecule has 9 nitrogen and oxygen atoms in total. The number of pyridine rings is 2. The lowest BCUT2D eigenvalue weighted by molar-refractivity contribution is -0.0660. The second kappa shape index (κ2) is 9.88. The van der Waals surface area contributed by atoms with Crippen LogP contribution in [0.25, 0.3) is 22.2 Å². The summed E-state index contributed by atoms with van der Waals surface area (Å²) in [6.07, 6.45) is 3.46. The van der Waals surface area contributed by atoms with Crippen molar-refractivity contribution in [2.45, 2.75) is 6.04 Å². The lowest BCUT2D eigenvalue weighted by Crippen LogP contribution is -2.56. The van der Waals surface area contributed by atoms with Crippen LogP contribution in [0, 0.1) is 5.82 Å². The molecule has 188 valence electrons. The number of benzene rings is 1. The van der Waals surface area contributed by atoms with Crippen LogP contribution in [0.2, 0.25) is 0 Å². The molecule has 2 N–H and O–H groups in total. The smallest absolute Gasteiger partial charge is 0.274 e. The van der Waals surface area contributed by atoms with Crippen LogP contribution in [0.3, 0.4) is 0 Å². The fourth-order valence-corrected chi connectivity index (χ4v) is 4.77. The number of H-pyrrole nitrogens is 1. The number of hydrogen-bond acceptors (Lipinski definition) is 7. The SMILES string of the molecule is Cl.Cn1c(=O)c(Nc2ccc(N3CCN(C4COC4)CC3)cn2)cc2c(F)c(-c3cc[nH]n3)ccc21. The van der Waals surface area contributed by atoms with Gasteiger partial charge in [0.2, 0.25) is 0 Å². The summed E-state index contributed by atoms with van der Waals surface area (Å²) in [5.74, 6) is 0.100. The Bertz CT molecular complexity index is 1410. The molecule has 2 saturated heterocycles. The standard InChI is InChI=1S/C25H26FN7O2.ClH/c1-31-22-4-3-18(20-6-7-28-30-20)24(26)19(22)12-21(25(31)34)29-23-5-2-16(13-27-23)32-8-10-33(11-9-32)17-14-35-15-17;/h2-7,12-13,17H,8-11,14-15H2,1H3,(H,27,29)(H,28,30);1H. The van der Waals surface area contributed by atoms with Crippen LogP contribution in [0.5, 0.6) is 0 Å². The number of piperazine rings is 1. The fraction of sp³-hybridized carbons (Fsp3) is 0.320. The van der Waals surface area contributed by atoms with Crippen molar-refractivity contribution in [1.82, 2.24) is 24.6 Å². The molecule has 0 saturated carbocycles. The van der Waals surface area contributed by atoms with Crippen molar-refractivity contribution in [1.29, 1.82) is 0 Å². The summed E-state index contributed by atoms with van der Waals surface area (Å²) in [4.78, 5) is 22.3. The average Bonchev–Trinajstić information content (AvgIpc) is 3.38. The van der Waals surface area contributed by atoms with Gasteiger partial charge in [-0.3, -0.25) is 14.8 Å². The highest BCUT2D eigenvalue weighted by Gasteiger charge is 2.29. The summed E-state index contributed by atoms with van der Waals surface area (Å²) < 4.78 is 22.1. The summed E-state index contributed by atoms with van der Waals surface area (Å²) in [5.41, 5.74) is 2.43. The summed E-state index contributed by atoms with van der Waals surface area (Å²) in [5, 5.41) is 10.2. The molecule has 11 heteroatoms. The summed E-state index contributed by atoms with van der Waals surface area (Å²) >= 11 is 0. The lowest BCUT2D eigenvalue weighted by Gasteiger charge is -2.43. The Hall–Kier alpha value is -3.47. The number of anilines is 3. The van der Waals surface area contributed by atoms with Gasteiger partial charge in [0.05, 0.1) is 42.4 Å². The highest BCUT2D eigenvalue weighted by atomic mass is 35.5. The zero-order valence-electron chi connectivity index (χ0n) is 19.8. The largest absolute Gasteiger partial charge is 0.378 e. The number of hydrogen-bond donors (Lipinski definition) is 2. The van der Waals surface area contributed by atoms with E-state index >= 15 is 4.39 Å². The molecule has 3 aromatic heterocycles. The van der Waals surface area contributed by atoms with Gasteiger partial charge < -0.3 is 19.5 Å². The molecule has 0 spiro atoms. The molecule has 0 atom stereocenters. The highest BCUT2D eigenvalue weighted by Crippen LogP contribution is 2.29. The van der Waals surface area contributed by atoms with Gasteiger partial charge in [-0.15, -0.1) is 12.4 Å². The molecule has 2 fully saturated rings. The van der Waals surface area contributed by atoms with Crippen molar-refractivity contribution in [3.05, 3.63) is 65.0 Å². The Labute approximate surface area is 213 Å². The third kappa shape index (κ3) is 4.32. The minimum atomic E-state index is -0.427. The maximum absolute atomic E-state index is 15.4. The van der Waals surface area contributed by atoms with Gasteiger partial charge in [0.15, 0.2) is 0 Å². The van der Waals surface area contributed by atoms with E-state index < -0.39 is 5.82 Å². The number of nitrogens with zero attached hydrogens (tertiary/aromatic N) is 5. The van der Waals surface area contributed by atoms with Crippen molar-refractivity contribution < 1.29 is 9.13 Å². The molecule has 6 rings (SSSR count). The molecule has 2 aliphatic rings. The number of aromatic amines is 1. The minimum Gasteiger partial charge on any atom is -0.378 e. The first-order chi connectivity index (χ1) is 17.1. The first kappa shape index (κ1) is 24.2. The van der Waals surface area contributed by atoms with E-state index in [0.717, 1.165) is 45.1 Å². The molecular formula is C25H27ClFN7O2. The first-order valence-corrected chi connectivity index (χ1v) is 11.7. The van der Waals surface area contributed by atoms with Crippen LogP contribution in [-0.4, -0.2) is 70.1 Å². The Balaban J connectivity index is 0.00000267. The second-order valence-electron chi connectivity index (χ2n) is 8.98. The van der Waals surface area contributed by atoms with Crippen molar-refractivity contribution in [2.24, 2.45) is 7.05 Å². The van der Waals surface area contributed by atoms with E-state index in [9.17, 15) is 4.79 Å². The van der Waals surface area contributed by atoms with Gasteiger partial charge >= 0.3 is 0 Å². The molecule has 4 aromatic rings. The molecule has 36 heavy (non-hydrogen) atoms. The minimum absolute atomic E-state index is 0. The van der Waals surface area contributed by atoms with Crippen LogP contribution in [-0.2, 0) is 11.8 Å². The molecule has 5 heterocycles. The van der Waals surface area contributed by atoms with E-state index in [2.05, 4.69) is 30.3 Å². The van der Waals surface area contributed by atoms with E-state index in [1.165, 1.54) is 4.57 Å².